The average Bonchev–Trinajstić information content (AvgIpc) is 2.36. The molecular weight excluding hydrogens is 297 g/mol. The van der Waals surface area contributed by atoms with E-state index in [0.29, 0.717) is 48.1 Å². The second kappa shape index (κ2) is 9.46. The van der Waals surface area contributed by atoms with Crippen molar-refractivity contribution in [3.05, 3.63) is 27.7 Å². The highest BCUT2D eigenvalue weighted by molar-refractivity contribution is 6.35. The summed E-state index contributed by atoms with van der Waals surface area (Å²) in [6.45, 7) is 9.61. The van der Waals surface area contributed by atoms with Gasteiger partial charge in [-0.15, -0.1) is 0 Å². The van der Waals surface area contributed by atoms with Crippen LogP contribution >= 0.6 is 23.2 Å². The SMILES string of the molecule is CCOCCOc1c(Cl)cc(Cl)cc1CNCC(C)C. The van der Waals surface area contributed by atoms with Crippen LogP contribution in [0.15, 0.2) is 12.1 Å². The van der Waals surface area contributed by atoms with Crippen LogP contribution in [0.2, 0.25) is 10.0 Å². The maximum absolute atomic E-state index is 6.21. The van der Waals surface area contributed by atoms with E-state index in [0.717, 1.165) is 12.1 Å². The monoisotopic (exact) mass is 319 g/mol. The van der Waals surface area contributed by atoms with Gasteiger partial charge in [-0.05, 0) is 31.5 Å². The molecule has 3 nitrogen and oxygen atoms in total. The molecule has 0 aliphatic carbocycles. The minimum atomic E-state index is 0.479. The second-order valence-corrected chi connectivity index (χ2v) is 5.79. The Balaban J connectivity index is 2.68. The fraction of sp³-hybridized carbons (Fsp3) is 0.600. The zero-order valence-electron chi connectivity index (χ0n) is 12.3. The van der Waals surface area contributed by atoms with Crippen LogP contribution in [-0.2, 0) is 11.3 Å². The first-order valence-corrected chi connectivity index (χ1v) is 7.69. The number of benzene rings is 1. The Labute approximate surface area is 131 Å². The standard InChI is InChI=1S/C15H23Cl2NO2/c1-4-19-5-6-20-15-12(10-18-9-11(2)3)7-13(16)8-14(15)17/h7-8,11,18H,4-6,9-10H2,1-3H3. The van der Waals surface area contributed by atoms with E-state index in [1.165, 1.54) is 0 Å². The Morgan fingerprint density at radius 3 is 2.60 bits per heavy atom. The highest BCUT2D eigenvalue weighted by atomic mass is 35.5. The quantitative estimate of drug-likeness (QED) is 0.693. The molecular formula is C15H23Cl2NO2. The van der Waals surface area contributed by atoms with Crippen LogP contribution in [-0.4, -0.2) is 26.4 Å². The molecule has 20 heavy (non-hydrogen) atoms. The Kier molecular flexibility index (Phi) is 8.31. The maximum atomic E-state index is 6.21. The summed E-state index contributed by atoms with van der Waals surface area (Å²) in [5.41, 5.74) is 0.972. The molecule has 0 heterocycles. The van der Waals surface area contributed by atoms with Crippen molar-refractivity contribution in [1.82, 2.24) is 5.32 Å². The van der Waals surface area contributed by atoms with Crippen LogP contribution in [0.3, 0.4) is 0 Å². The zero-order chi connectivity index (χ0) is 15.0. The minimum absolute atomic E-state index is 0.479. The first-order valence-electron chi connectivity index (χ1n) is 6.93. The van der Waals surface area contributed by atoms with E-state index >= 15 is 0 Å². The van der Waals surface area contributed by atoms with Gasteiger partial charge < -0.3 is 14.8 Å². The van der Waals surface area contributed by atoms with Gasteiger partial charge in [0, 0.05) is 23.7 Å². The molecule has 114 valence electrons. The molecule has 0 bridgehead atoms. The molecule has 0 atom stereocenters. The van der Waals surface area contributed by atoms with Crippen molar-refractivity contribution in [3.8, 4) is 5.75 Å². The molecule has 0 fully saturated rings. The molecule has 0 spiro atoms. The lowest BCUT2D eigenvalue weighted by atomic mass is 10.1. The van der Waals surface area contributed by atoms with Crippen LogP contribution in [0.25, 0.3) is 0 Å². The third-order valence-electron chi connectivity index (χ3n) is 2.63. The summed E-state index contributed by atoms with van der Waals surface area (Å²) in [6, 6.07) is 3.59. The molecule has 0 aliphatic heterocycles. The number of rotatable bonds is 9. The summed E-state index contributed by atoms with van der Waals surface area (Å²) < 4.78 is 11.0. The number of halogens is 2. The fourth-order valence-electron chi connectivity index (χ4n) is 1.75. The topological polar surface area (TPSA) is 30.5 Å². The van der Waals surface area contributed by atoms with E-state index in [4.69, 9.17) is 32.7 Å². The molecule has 5 heteroatoms. The summed E-state index contributed by atoms with van der Waals surface area (Å²) >= 11 is 12.3. The Hall–Kier alpha value is -0.480. The molecule has 0 radical (unpaired) electrons. The highest BCUT2D eigenvalue weighted by Crippen LogP contribution is 2.32. The van der Waals surface area contributed by atoms with E-state index in [1.807, 2.05) is 13.0 Å². The molecule has 1 aromatic rings. The van der Waals surface area contributed by atoms with Gasteiger partial charge in [0.15, 0.2) is 0 Å². The van der Waals surface area contributed by atoms with Gasteiger partial charge in [-0.1, -0.05) is 37.0 Å². The minimum Gasteiger partial charge on any atom is -0.489 e. The first-order chi connectivity index (χ1) is 9.54. The molecule has 0 saturated carbocycles. The smallest absolute Gasteiger partial charge is 0.142 e. The van der Waals surface area contributed by atoms with E-state index in [2.05, 4.69) is 19.2 Å². The van der Waals surface area contributed by atoms with Crippen molar-refractivity contribution < 1.29 is 9.47 Å². The van der Waals surface area contributed by atoms with Crippen molar-refractivity contribution >= 4 is 23.2 Å². The summed E-state index contributed by atoms with van der Waals surface area (Å²) in [5, 5.41) is 4.53. The van der Waals surface area contributed by atoms with Crippen LogP contribution in [0.5, 0.6) is 5.75 Å². The second-order valence-electron chi connectivity index (χ2n) is 4.95. The van der Waals surface area contributed by atoms with Gasteiger partial charge in [0.25, 0.3) is 0 Å². The van der Waals surface area contributed by atoms with Gasteiger partial charge in [0.2, 0.25) is 0 Å². The molecule has 1 N–H and O–H groups in total. The predicted molar refractivity (Wildman–Crippen MR) is 85.0 cm³/mol. The fourth-order valence-corrected chi connectivity index (χ4v) is 2.34. The van der Waals surface area contributed by atoms with E-state index in [9.17, 15) is 0 Å². The number of hydrogen-bond acceptors (Lipinski definition) is 3. The first kappa shape index (κ1) is 17.6. The lowest BCUT2D eigenvalue weighted by Gasteiger charge is -2.15. The lowest BCUT2D eigenvalue weighted by Crippen LogP contribution is -2.20. The van der Waals surface area contributed by atoms with Crippen molar-refractivity contribution in [2.75, 3.05) is 26.4 Å². The van der Waals surface area contributed by atoms with Crippen molar-refractivity contribution in [2.24, 2.45) is 5.92 Å². The number of ether oxygens (including phenoxy) is 2. The summed E-state index contributed by atoms with van der Waals surface area (Å²) in [7, 11) is 0. The Morgan fingerprint density at radius 2 is 1.95 bits per heavy atom. The third-order valence-corrected chi connectivity index (χ3v) is 3.13. The van der Waals surface area contributed by atoms with Crippen molar-refractivity contribution in [3.63, 3.8) is 0 Å². The molecule has 0 aromatic heterocycles. The zero-order valence-corrected chi connectivity index (χ0v) is 13.9. The number of hydrogen-bond donors (Lipinski definition) is 1. The van der Waals surface area contributed by atoms with Gasteiger partial charge in [0.05, 0.1) is 11.6 Å². The van der Waals surface area contributed by atoms with Crippen LogP contribution in [0, 0.1) is 5.92 Å². The predicted octanol–water partition coefficient (Wildman–Crippen LogP) is 4.15. The van der Waals surface area contributed by atoms with Gasteiger partial charge in [0.1, 0.15) is 12.4 Å². The average molecular weight is 320 g/mol. The van der Waals surface area contributed by atoms with Crippen molar-refractivity contribution in [2.45, 2.75) is 27.3 Å². The largest absolute Gasteiger partial charge is 0.489 e. The van der Waals surface area contributed by atoms with E-state index in [1.54, 1.807) is 6.07 Å². The normalized spacial score (nSPS) is 11.1. The van der Waals surface area contributed by atoms with Crippen molar-refractivity contribution in [1.29, 1.82) is 0 Å². The molecule has 0 saturated heterocycles. The lowest BCUT2D eigenvalue weighted by molar-refractivity contribution is 0.110. The van der Waals surface area contributed by atoms with Crippen LogP contribution < -0.4 is 10.1 Å². The van der Waals surface area contributed by atoms with E-state index in [-0.39, 0.29) is 0 Å². The molecule has 0 amide bonds. The van der Waals surface area contributed by atoms with Gasteiger partial charge in [-0.25, -0.2) is 0 Å². The molecule has 1 aromatic carbocycles. The summed E-state index contributed by atoms with van der Waals surface area (Å²) in [4.78, 5) is 0. The van der Waals surface area contributed by atoms with E-state index < -0.39 is 0 Å². The number of nitrogens with one attached hydrogen (secondary N) is 1. The van der Waals surface area contributed by atoms with Crippen LogP contribution in [0.4, 0.5) is 0 Å². The highest BCUT2D eigenvalue weighted by Gasteiger charge is 2.11. The summed E-state index contributed by atoms with van der Waals surface area (Å²) in [6.07, 6.45) is 0. The maximum Gasteiger partial charge on any atom is 0.142 e. The van der Waals surface area contributed by atoms with Gasteiger partial charge in [-0.2, -0.15) is 0 Å². The molecule has 1 rings (SSSR count). The molecule has 0 unspecified atom stereocenters. The third kappa shape index (κ3) is 6.31. The molecule has 0 aliphatic rings. The Morgan fingerprint density at radius 1 is 1.20 bits per heavy atom. The van der Waals surface area contributed by atoms with Gasteiger partial charge >= 0.3 is 0 Å². The Bertz CT molecular complexity index is 411. The van der Waals surface area contributed by atoms with Crippen LogP contribution in [0.1, 0.15) is 26.3 Å². The summed E-state index contributed by atoms with van der Waals surface area (Å²) in [5.74, 6) is 1.28. The van der Waals surface area contributed by atoms with Gasteiger partial charge in [-0.3, -0.25) is 0 Å².